The van der Waals surface area contributed by atoms with Crippen molar-refractivity contribution in [2.24, 2.45) is 0 Å². The second-order valence-electron chi connectivity index (χ2n) is 5.48. The third kappa shape index (κ3) is 3.14. The Morgan fingerprint density at radius 2 is 2.10 bits per heavy atom. The molecule has 0 aliphatic rings. The Kier molecular flexibility index (Phi) is 3.76. The van der Waals surface area contributed by atoms with Crippen LogP contribution in [0.4, 0.5) is 15.2 Å². The molecular formula is C14H16FN3OS. The van der Waals surface area contributed by atoms with Crippen LogP contribution in [-0.4, -0.2) is 10.9 Å². The molecule has 0 bridgehead atoms. The van der Waals surface area contributed by atoms with Crippen LogP contribution in [-0.2, 0) is 5.41 Å². The Labute approximate surface area is 120 Å². The predicted octanol–water partition coefficient (Wildman–Crippen LogP) is 3.41. The summed E-state index contributed by atoms with van der Waals surface area (Å²) < 4.78 is 13.3. The highest BCUT2D eigenvalue weighted by Crippen LogP contribution is 2.26. The Bertz CT molecular complexity index is 646. The Balaban J connectivity index is 2.15. The van der Waals surface area contributed by atoms with Gasteiger partial charge in [0, 0.05) is 16.4 Å². The van der Waals surface area contributed by atoms with Gasteiger partial charge in [0.1, 0.15) is 5.82 Å². The van der Waals surface area contributed by atoms with Crippen LogP contribution in [0.2, 0.25) is 0 Å². The maximum Gasteiger partial charge on any atom is 0.257 e. The molecule has 0 fully saturated rings. The summed E-state index contributed by atoms with van der Waals surface area (Å²) >= 11 is 1.35. The maximum atomic E-state index is 13.3. The molecule has 6 heteroatoms. The number of hydrogen-bond acceptors (Lipinski definition) is 4. The van der Waals surface area contributed by atoms with Gasteiger partial charge in [0.2, 0.25) is 0 Å². The number of carbonyl (C=O) groups excluding carboxylic acids is 1. The van der Waals surface area contributed by atoms with Gasteiger partial charge < -0.3 is 5.73 Å². The van der Waals surface area contributed by atoms with E-state index < -0.39 is 11.7 Å². The van der Waals surface area contributed by atoms with Gasteiger partial charge in [0.15, 0.2) is 5.13 Å². The van der Waals surface area contributed by atoms with Crippen LogP contribution in [0.25, 0.3) is 0 Å². The first-order valence-electron chi connectivity index (χ1n) is 6.10. The van der Waals surface area contributed by atoms with E-state index in [2.05, 4.69) is 10.3 Å². The fourth-order valence-electron chi connectivity index (χ4n) is 1.51. The molecule has 2 rings (SSSR count). The van der Waals surface area contributed by atoms with Gasteiger partial charge in [-0.05, 0) is 18.2 Å². The average molecular weight is 293 g/mol. The van der Waals surface area contributed by atoms with E-state index in [9.17, 15) is 9.18 Å². The second-order valence-corrected chi connectivity index (χ2v) is 6.34. The summed E-state index contributed by atoms with van der Waals surface area (Å²) in [6, 6.07) is 3.96. The summed E-state index contributed by atoms with van der Waals surface area (Å²) in [7, 11) is 0. The van der Waals surface area contributed by atoms with Crippen molar-refractivity contribution in [2.45, 2.75) is 26.2 Å². The minimum atomic E-state index is -0.604. The number of nitrogen functional groups attached to an aromatic ring is 1. The number of halogens is 1. The lowest BCUT2D eigenvalue weighted by Crippen LogP contribution is -2.14. The molecule has 1 aromatic heterocycles. The molecule has 20 heavy (non-hydrogen) atoms. The summed E-state index contributed by atoms with van der Waals surface area (Å²) in [6.07, 6.45) is 0. The molecule has 106 valence electrons. The smallest absolute Gasteiger partial charge is 0.257 e. The lowest BCUT2D eigenvalue weighted by Gasteiger charge is -2.14. The lowest BCUT2D eigenvalue weighted by molar-refractivity contribution is 0.102. The highest BCUT2D eigenvalue weighted by atomic mass is 32.1. The van der Waals surface area contributed by atoms with Gasteiger partial charge in [-0.2, -0.15) is 0 Å². The zero-order valence-electron chi connectivity index (χ0n) is 11.5. The number of benzene rings is 1. The predicted molar refractivity (Wildman–Crippen MR) is 79.6 cm³/mol. The highest BCUT2D eigenvalue weighted by Gasteiger charge is 2.18. The lowest BCUT2D eigenvalue weighted by atomic mass is 9.93. The number of rotatable bonds is 2. The average Bonchev–Trinajstić information content (AvgIpc) is 2.81. The van der Waals surface area contributed by atoms with E-state index in [0.29, 0.717) is 5.13 Å². The minimum Gasteiger partial charge on any atom is -0.396 e. The van der Waals surface area contributed by atoms with E-state index in [1.807, 2.05) is 26.2 Å². The van der Waals surface area contributed by atoms with E-state index in [0.717, 1.165) is 11.8 Å². The first-order chi connectivity index (χ1) is 9.27. The second kappa shape index (κ2) is 5.20. The highest BCUT2D eigenvalue weighted by molar-refractivity contribution is 7.14. The van der Waals surface area contributed by atoms with E-state index in [4.69, 9.17) is 5.73 Å². The summed E-state index contributed by atoms with van der Waals surface area (Å²) in [5.74, 6) is -1.01. The van der Waals surface area contributed by atoms with Gasteiger partial charge in [-0.1, -0.05) is 20.8 Å². The van der Waals surface area contributed by atoms with E-state index in [1.165, 1.54) is 23.5 Å². The number of hydrogen-bond donors (Lipinski definition) is 2. The number of amides is 1. The third-order valence-electron chi connectivity index (χ3n) is 2.76. The number of nitrogens with two attached hydrogens (primary N) is 1. The molecule has 0 unspecified atom stereocenters. The van der Waals surface area contributed by atoms with Crippen LogP contribution in [0, 0.1) is 5.82 Å². The number of aromatic nitrogens is 1. The van der Waals surface area contributed by atoms with Crippen molar-refractivity contribution in [1.82, 2.24) is 4.98 Å². The summed E-state index contributed by atoms with van der Waals surface area (Å²) in [5.41, 5.74) is 6.43. The van der Waals surface area contributed by atoms with Crippen LogP contribution in [0.3, 0.4) is 0 Å². The quantitative estimate of drug-likeness (QED) is 0.834. The molecule has 0 aliphatic carbocycles. The van der Waals surface area contributed by atoms with E-state index >= 15 is 0 Å². The van der Waals surface area contributed by atoms with Crippen LogP contribution in [0.5, 0.6) is 0 Å². The molecule has 0 saturated carbocycles. The van der Waals surface area contributed by atoms with Gasteiger partial charge in [0.05, 0.1) is 11.4 Å². The first kappa shape index (κ1) is 14.5. The molecule has 4 nitrogen and oxygen atoms in total. The zero-order chi connectivity index (χ0) is 14.9. The topological polar surface area (TPSA) is 68.0 Å². The van der Waals surface area contributed by atoms with Crippen LogP contribution >= 0.6 is 11.3 Å². The molecule has 3 N–H and O–H groups in total. The maximum absolute atomic E-state index is 13.3. The standard InChI is InChI=1S/C14H16FN3OS/c1-14(2,3)11-7-20-13(17-11)18-12(19)8-4-5-10(16)9(15)6-8/h4-7H,16H2,1-3H3,(H,17,18,19). The number of nitrogens with zero attached hydrogens (tertiary/aromatic N) is 1. The van der Waals surface area contributed by atoms with Crippen molar-refractivity contribution in [3.8, 4) is 0 Å². The number of carbonyl (C=O) groups is 1. The van der Waals surface area contributed by atoms with Crippen molar-refractivity contribution in [3.63, 3.8) is 0 Å². The molecule has 1 aromatic carbocycles. The fraction of sp³-hybridized carbons (Fsp3) is 0.286. The van der Waals surface area contributed by atoms with Crippen molar-refractivity contribution < 1.29 is 9.18 Å². The van der Waals surface area contributed by atoms with Gasteiger partial charge in [-0.25, -0.2) is 9.37 Å². The summed E-state index contributed by atoms with van der Waals surface area (Å²) in [4.78, 5) is 16.3. The first-order valence-corrected chi connectivity index (χ1v) is 6.98. The van der Waals surface area contributed by atoms with E-state index in [1.54, 1.807) is 0 Å². The molecule has 0 spiro atoms. The van der Waals surface area contributed by atoms with Crippen molar-refractivity contribution in [1.29, 1.82) is 0 Å². The molecule has 0 aliphatic heterocycles. The molecule has 2 aromatic rings. The summed E-state index contributed by atoms with van der Waals surface area (Å²) in [5, 5.41) is 5.06. The monoisotopic (exact) mass is 293 g/mol. The molecule has 0 radical (unpaired) electrons. The Morgan fingerprint density at radius 1 is 1.40 bits per heavy atom. The molecule has 0 saturated heterocycles. The zero-order valence-corrected chi connectivity index (χ0v) is 12.3. The molecular weight excluding hydrogens is 277 g/mol. The number of anilines is 2. The van der Waals surface area contributed by atoms with Gasteiger partial charge >= 0.3 is 0 Å². The van der Waals surface area contributed by atoms with E-state index in [-0.39, 0.29) is 16.7 Å². The Hall–Kier alpha value is -1.95. The van der Waals surface area contributed by atoms with Gasteiger partial charge in [-0.15, -0.1) is 11.3 Å². The third-order valence-corrected chi connectivity index (χ3v) is 3.51. The largest absolute Gasteiger partial charge is 0.396 e. The Morgan fingerprint density at radius 3 is 2.65 bits per heavy atom. The minimum absolute atomic E-state index is 0.0193. The summed E-state index contributed by atoms with van der Waals surface area (Å²) in [6.45, 7) is 6.13. The normalized spacial score (nSPS) is 11.4. The molecule has 0 atom stereocenters. The van der Waals surface area contributed by atoms with Gasteiger partial charge in [0.25, 0.3) is 5.91 Å². The van der Waals surface area contributed by atoms with Crippen LogP contribution in [0.1, 0.15) is 36.8 Å². The van der Waals surface area contributed by atoms with Crippen LogP contribution < -0.4 is 11.1 Å². The van der Waals surface area contributed by atoms with Crippen LogP contribution in [0.15, 0.2) is 23.6 Å². The number of thiazole rings is 1. The molecule has 1 amide bonds. The number of nitrogens with one attached hydrogen (secondary N) is 1. The SMILES string of the molecule is CC(C)(C)c1csc(NC(=O)c2ccc(N)c(F)c2)n1. The van der Waals surface area contributed by atoms with Crippen molar-refractivity contribution in [2.75, 3.05) is 11.1 Å². The molecule has 1 heterocycles. The van der Waals surface area contributed by atoms with Gasteiger partial charge in [-0.3, -0.25) is 10.1 Å². The van der Waals surface area contributed by atoms with Crippen molar-refractivity contribution in [3.05, 3.63) is 40.7 Å². The fourth-order valence-corrected chi connectivity index (χ4v) is 2.45. The van der Waals surface area contributed by atoms with Crippen molar-refractivity contribution >= 4 is 28.1 Å².